The number of hydrogen-bond donors (Lipinski definition) is 2. The average Bonchev–Trinajstić information content (AvgIpc) is 2.41. The zero-order valence-electron chi connectivity index (χ0n) is 10.2. The largest absolute Gasteiger partial charge is 0.478 e. The van der Waals surface area contributed by atoms with Gasteiger partial charge in [0, 0.05) is 5.56 Å². The summed E-state index contributed by atoms with van der Waals surface area (Å²) in [5.74, 6) is -1.30. The van der Waals surface area contributed by atoms with Crippen molar-refractivity contribution in [3.8, 4) is 11.5 Å². The molecule has 0 spiro atoms. The Hall–Kier alpha value is -2.53. The Labute approximate surface area is 119 Å². The van der Waals surface area contributed by atoms with Crippen LogP contribution in [-0.4, -0.2) is 17.0 Å². The van der Waals surface area contributed by atoms with E-state index >= 15 is 0 Å². The highest BCUT2D eigenvalue weighted by Gasteiger charge is 2.15. The van der Waals surface area contributed by atoms with E-state index in [1.54, 1.807) is 0 Å². The van der Waals surface area contributed by atoms with Crippen molar-refractivity contribution < 1.29 is 19.4 Å². The molecular weight excluding hydrogens is 282 g/mol. The van der Waals surface area contributed by atoms with Gasteiger partial charge in [-0.3, -0.25) is 4.79 Å². The first-order valence-electron chi connectivity index (χ1n) is 5.58. The molecule has 0 aliphatic carbocycles. The Morgan fingerprint density at radius 2 is 1.75 bits per heavy atom. The Bertz CT molecular complexity index is 667. The maximum absolute atomic E-state index is 11.1. The lowest BCUT2D eigenvalue weighted by atomic mass is 10.2. The van der Waals surface area contributed by atoms with E-state index in [1.807, 2.05) is 0 Å². The smallest absolute Gasteiger partial charge is 0.339 e. The van der Waals surface area contributed by atoms with E-state index in [4.69, 9.17) is 27.2 Å². The number of rotatable bonds is 4. The van der Waals surface area contributed by atoms with Gasteiger partial charge in [0.1, 0.15) is 11.3 Å². The lowest BCUT2D eigenvalue weighted by Crippen LogP contribution is -2.10. The van der Waals surface area contributed by atoms with E-state index in [0.29, 0.717) is 11.3 Å². The molecule has 0 saturated heterocycles. The first-order chi connectivity index (χ1) is 9.49. The summed E-state index contributed by atoms with van der Waals surface area (Å²) in [6.45, 7) is 0. The van der Waals surface area contributed by atoms with Crippen LogP contribution in [0.5, 0.6) is 11.5 Å². The summed E-state index contributed by atoms with van der Waals surface area (Å²) in [6, 6.07) is 10.4. The van der Waals surface area contributed by atoms with Gasteiger partial charge in [0.15, 0.2) is 5.75 Å². The summed E-state index contributed by atoms with van der Waals surface area (Å²) in [7, 11) is 0. The normalized spacial score (nSPS) is 10.1. The summed E-state index contributed by atoms with van der Waals surface area (Å²) in [4.78, 5) is 22.1. The molecule has 0 bridgehead atoms. The molecule has 20 heavy (non-hydrogen) atoms. The van der Waals surface area contributed by atoms with Crippen LogP contribution in [0, 0.1) is 0 Å². The second-order valence-corrected chi connectivity index (χ2v) is 4.32. The quantitative estimate of drug-likeness (QED) is 0.906. The molecule has 0 aliphatic rings. The first-order valence-corrected chi connectivity index (χ1v) is 5.96. The van der Waals surface area contributed by atoms with Crippen molar-refractivity contribution >= 4 is 23.5 Å². The molecule has 3 N–H and O–H groups in total. The van der Waals surface area contributed by atoms with Crippen molar-refractivity contribution in [3.05, 3.63) is 58.6 Å². The van der Waals surface area contributed by atoms with Gasteiger partial charge < -0.3 is 15.6 Å². The second-order valence-electron chi connectivity index (χ2n) is 3.91. The molecule has 6 heteroatoms. The van der Waals surface area contributed by atoms with E-state index in [1.165, 1.54) is 42.5 Å². The molecule has 0 atom stereocenters. The summed E-state index contributed by atoms with van der Waals surface area (Å²) in [5, 5.41) is 9.27. The third-order valence-corrected chi connectivity index (χ3v) is 2.85. The van der Waals surface area contributed by atoms with E-state index in [9.17, 15) is 9.59 Å². The molecule has 5 nitrogen and oxygen atoms in total. The van der Waals surface area contributed by atoms with Gasteiger partial charge in [-0.05, 0) is 36.4 Å². The minimum absolute atomic E-state index is 0.0449. The molecule has 2 aromatic carbocycles. The highest BCUT2D eigenvalue weighted by molar-refractivity contribution is 6.32. The number of carboxylic acid groups (broad SMARTS) is 1. The number of ether oxygens (including phenoxy) is 1. The number of halogens is 1. The summed E-state index contributed by atoms with van der Waals surface area (Å²) < 4.78 is 5.47. The molecule has 0 radical (unpaired) electrons. The van der Waals surface area contributed by atoms with Crippen LogP contribution in [0.25, 0.3) is 0 Å². The molecule has 2 rings (SSSR count). The first kappa shape index (κ1) is 13.9. The minimum Gasteiger partial charge on any atom is -0.478 e. The maximum atomic E-state index is 11.1. The zero-order chi connectivity index (χ0) is 14.7. The van der Waals surface area contributed by atoms with Gasteiger partial charge in [-0.2, -0.15) is 0 Å². The molecule has 0 aromatic heterocycles. The maximum Gasteiger partial charge on any atom is 0.339 e. The highest BCUT2D eigenvalue weighted by Crippen LogP contribution is 2.33. The van der Waals surface area contributed by atoms with Crippen LogP contribution in [0.1, 0.15) is 20.7 Å². The van der Waals surface area contributed by atoms with Gasteiger partial charge in [0.25, 0.3) is 0 Å². The van der Waals surface area contributed by atoms with Crippen molar-refractivity contribution in [2.24, 2.45) is 5.73 Å². The van der Waals surface area contributed by atoms with E-state index in [2.05, 4.69) is 0 Å². The Morgan fingerprint density at radius 3 is 2.30 bits per heavy atom. The lowest BCUT2D eigenvalue weighted by Gasteiger charge is -2.10. The third-order valence-electron chi connectivity index (χ3n) is 2.56. The number of carbonyl (C=O) groups excluding carboxylic acids is 1. The average molecular weight is 292 g/mol. The van der Waals surface area contributed by atoms with Gasteiger partial charge in [0.05, 0.1) is 5.02 Å². The van der Waals surface area contributed by atoms with Crippen LogP contribution in [0.4, 0.5) is 0 Å². The van der Waals surface area contributed by atoms with Crippen molar-refractivity contribution in [1.82, 2.24) is 0 Å². The second kappa shape index (κ2) is 5.63. The molecule has 0 saturated carbocycles. The van der Waals surface area contributed by atoms with Crippen LogP contribution in [-0.2, 0) is 0 Å². The molecule has 1 amide bonds. The predicted octanol–water partition coefficient (Wildman–Crippen LogP) is 2.93. The number of benzene rings is 2. The number of hydrogen-bond acceptors (Lipinski definition) is 3. The summed E-state index contributed by atoms with van der Waals surface area (Å²) in [6.07, 6.45) is 0. The number of para-hydroxylation sites is 1. The van der Waals surface area contributed by atoms with Crippen molar-refractivity contribution in [2.75, 3.05) is 0 Å². The zero-order valence-corrected chi connectivity index (χ0v) is 10.9. The Balaban J connectivity index is 2.34. The molecule has 0 unspecified atom stereocenters. The van der Waals surface area contributed by atoms with Crippen LogP contribution >= 0.6 is 11.6 Å². The lowest BCUT2D eigenvalue weighted by molar-refractivity contribution is 0.0694. The van der Waals surface area contributed by atoms with Crippen molar-refractivity contribution in [1.29, 1.82) is 0 Å². The Kier molecular flexibility index (Phi) is 3.91. The van der Waals surface area contributed by atoms with Crippen molar-refractivity contribution in [3.63, 3.8) is 0 Å². The summed E-state index contributed by atoms with van der Waals surface area (Å²) in [5.41, 5.74) is 5.41. The number of nitrogens with two attached hydrogens (primary N) is 1. The monoisotopic (exact) mass is 291 g/mol. The highest BCUT2D eigenvalue weighted by atomic mass is 35.5. The van der Waals surface area contributed by atoms with Crippen molar-refractivity contribution in [2.45, 2.75) is 0 Å². The number of aromatic carboxylic acids is 1. The standard InChI is InChI=1S/C14H10ClNO4/c15-11-3-1-2-10(14(18)19)12(11)20-9-6-4-8(5-7-9)13(16)17/h1-7H,(H2,16,17)(H,18,19). The summed E-state index contributed by atoms with van der Waals surface area (Å²) >= 11 is 5.94. The molecular formula is C14H10ClNO4. The molecule has 0 aliphatic heterocycles. The van der Waals surface area contributed by atoms with Crippen LogP contribution < -0.4 is 10.5 Å². The topological polar surface area (TPSA) is 89.6 Å². The fraction of sp³-hybridized carbons (Fsp3) is 0. The van der Waals surface area contributed by atoms with Crippen LogP contribution in [0.2, 0.25) is 5.02 Å². The SMILES string of the molecule is NC(=O)c1ccc(Oc2c(Cl)cccc2C(=O)O)cc1. The van der Waals surface area contributed by atoms with Crippen LogP contribution in [0.3, 0.4) is 0 Å². The van der Waals surface area contributed by atoms with E-state index in [-0.39, 0.29) is 16.3 Å². The van der Waals surface area contributed by atoms with E-state index in [0.717, 1.165) is 0 Å². The third kappa shape index (κ3) is 2.89. The van der Waals surface area contributed by atoms with Gasteiger partial charge >= 0.3 is 5.97 Å². The molecule has 0 fully saturated rings. The fourth-order valence-corrected chi connectivity index (χ4v) is 1.80. The van der Waals surface area contributed by atoms with E-state index < -0.39 is 11.9 Å². The molecule has 2 aromatic rings. The molecule has 0 heterocycles. The number of carboxylic acids is 1. The molecule has 102 valence electrons. The van der Waals surface area contributed by atoms with Gasteiger partial charge in [-0.25, -0.2) is 4.79 Å². The number of carbonyl (C=O) groups is 2. The fourth-order valence-electron chi connectivity index (χ4n) is 1.59. The minimum atomic E-state index is -1.14. The van der Waals surface area contributed by atoms with Crippen LogP contribution in [0.15, 0.2) is 42.5 Å². The predicted molar refractivity (Wildman–Crippen MR) is 73.4 cm³/mol. The Morgan fingerprint density at radius 1 is 1.10 bits per heavy atom. The number of primary amides is 1. The van der Waals surface area contributed by atoms with Gasteiger partial charge in [-0.1, -0.05) is 17.7 Å². The number of amides is 1. The van der Waals surface area contributed by atoms with Gasteiger partial charge in [-0.15, -0.1) is 0 Å². The van der Waals surface area contributed by atoms with Gasteiger partial charge in [0.2, 0.25) is 5.91 Å².